The Morgan fingerprint density at radius 3 is 2.61 bits per heavy atom. The van der Waals surface area contributed by atoms with Crippen LogP contribution in [0.5, 0.6) is 5.75 Å². The van der Waals surface area contributed by atoms with Crippen molar-refractivity contribution in [3.8, 4) is 5.75 Å². The number of benzene rings is 2. The SMILES string of the molecule is CCc1ccc(OCCNC(=O)/C=C/c2ccccc2Cl)cc1. The fourth-order valence-corrected chi connectivity index (χ4v) is 2.20. The van der Waals surface area contributed by atoms with Crippen LogP contribution in [0.25, 0.3) is 6.08 Å². The Morgan fingerprint density at radius 2 is 1.91 bits per heavy atom. The molecule has 0 saturated carbocycles. The average Bonchev–Trinajstić information content (AvgIpc) is 2.58. The van der Waals surface area contributed by atoms with Crippen LogP contribution in [0.3, 0.4) is 0 Å². The molecule has 0 spiro atoms. The highest BCUT2D eigenvalue weighted by atomic mass is 35.5. The van der Waals surface area contributed by atoms with Crippen LogP contribution in [0, 0.1) is 0 Å². The van der Waals surface area contributed by atoms with Gasteiger partial charge in [-0.15, -0.1) is 0 Å². The first-order valence-corrected chi connectivity index (χ1v) is 7.99. The van der Waals surface area contributed by atoms with Crippen LogP contribution in [0.1, 0.15) is 18.1 Å². The van der Waals surface area contributed by atoms with Gasteiger partial charge in [0.2, 0.25) is 5.91 Å². The van der Waals surface area contributed by atoms with Crippen molar-refractivity contribution in [1.29, 1.82) is 0 Å². The molecular formula is C19H20ClNO2. The minimum absolute atomic E-state index is 0.171. The van der Waals surface area contributed by atoms with Crippen LogP contribution >= 0.6 is 11.6 Å². The van der Waals surface area contributed by atoms with Crippen LogP contribution in [-0.4, -0.2) is 19.1 Å². The number of halogens is 1. The van der Waals surface area contributed by atoms with E-state index in [1.165, 1.54) is 11.6 Å². The van der Waals surface area contributed by atoms with Gasteiger partial charge in [0.1, 0.15) is 12.4 Å². The molecular weight excluding hydrogens is 310 g/mol. The Bertz CT molecular complexity index is 665. The summed E-state index contributed by atoms with van der Waals surface area (Å²) in [7, 11) is 0. The van der Waals surface area contributed by atoms with Gasteiger partial charge in [-0.05, 0) is 41.8 Å². The van der Waals surface area contributed by atoms with Crippen molar-refractivity contribution in [1.82, 2.24) is 5.32 Å². The van der Waals surface area contributed by atoms with Crippen molar-refractivity contribution < 1.29 is 9.53 Å². The fraction of sp³-hybridized carbons (Fsp3) is 0.211. The molecule has 0 fully saturated rings. The van der Waals surface area contributed by atoms with Gasteiger partial charge in [0.15, 0.2) is 0 Å². The third-order valence-corrected chi connectivity index (χ3v) is 3.67. The standard InChI is InChI=1S/C19H20ClNO2/c1-2-15-7-10-17(11-8-15)23-14-13-21-19(22)12-9-16-5-3-4-6-18(16)20/h3-12H,2,13-14H2,1H3,(H,21,22)/b12-9+. The first-order chi connectivity index (χ1) is 11.2. The quantitative estimate of drug-likeness (QED) is 0.613. The molecule has 0 unspecified atom stereocenters. The van der Waals surface area contributed by atoms with E-state index in [-0.39, 0.29) is 5.91 Å². The number of hydrogen-bond donors (Lipinski definition) is 1. The van der Waals surface area contributed by atoms with E-state index in [0.717, 1.165) is 17.7 Å². The van der Waals surface area contributed by atoms with Crippen molar-refractivity contribution in [2.24, 2.45) is 0 Å². The third kappa shape index (κ3) is 5.80. The second-order valence-electron chi connectivity index (χ2n) is 4.99. The number of ether oxygens (including phenoxy) is 1. The molecule has 0 aliphatic rings. The summed E-state index contributed by atoms with van der Waals surface area (Å²) < 4.78 is 5.58. The van der Waals surface area contributed by atoms with Crippen LogP contribution in [0.15, 0.2) is 54.6 Å². The van der Waals surface area contributed by atoms with Gasteiger partial charge >= 0.3 is 0 Å². The Kier molecular flexibility index (Phi) is 6.70. The van der Waals surface area contributed by atoms with E-state index in [0.29, 0.717) is 18.2 Å². The molecule has 1 N–H and O–H groups in total. The Hall–Kier alpha value is -2.26. The maximum absolute atomic E-state index is 11.7. The molecule has 0 saturated heterocycles. The molecule has 3 nitrogen and oxygen atoms in total. The normalized spacial score (nSPS) is 10.7. The lowest BCUT2D eigenvalue weighted by Gasteiger charge is -2.07. The topological polar surface area (TPSA) is 38.3 Å². The lowest BCUT2D eigenvalue weighted by atomic mass is 10.2. The second kappa shape index (κ2) is 9.01. The molecule has 23 heavy (non-hydrogen) atoms. The van der Waals surface area contributed by atoms with Crippen LogP contribution < -0.4 is 10.1 Å². The molecule has 4 heteroatoms. The smallest absolute Gasteiger partial charge is 0.244 e. The summed E-state index contributed by atoms with van der Waals surface area (Å²) in [5.74, 6) is 0.637. The first kappa shape index (κ1) is 17.1. The van der Waals surface area contributed by atoms with Gasteiger partial charge in [0.05, 0.1) is 6.54 Å². The largest absolute Gasteiger partial charge is 0.492 e. The zero-order valence-corrected chi connectivity index (χ0v) is 13.8. The molecule has 0 aliphatic carbocycles. The van der Waals surface area contributed by atoms with E-state index in [2.05, 4.69) is 12.2 Å². The second-order valence-corrected chi connectivity index (χ2v) is 5.40. The number of carbonyl (C=O) groups excluding carboxylic acids is 1. The highest BCUT2D eigenvalue weighted by Gasteiger charge is 1.98. The van der Waals surface area contributed by atoms with Crippen molar-refractivity contribution >= 4 is 23.6 Å². The summed E-state index contributed by atoms with van der Waals surface area (Å²) >= 11 is 6.02. The Balaban J connectivity index is 1.71. The van der Waals surface area contributed by atoms with E-state index in [9.17, 15) is 4.79 Å². The van der Waals surface area contributed by atoms with E-state index in [1.54, 1.807) is 12.1 Å². The number of hydrogen-bond acceptors (Lipinski definition) is 2. The van der Waals surface area contributed by atoms with Gasteiger partial charge in [-0.2, -0.15) is 0 Å². The lowest BCUT2D eigenvalue weighted by molar-refractivity contribution is -0.116. The predicted molar refractivity (Wildman–Crippen MR) is 94.8 cm³/mol. The monoisotopic (exact) mass is 329 g/mol. The molecule has 1 amide bonds. The van der Waals surface area contributed by atoms with E-state index in [4.69, 9.17) is 16.3 Å². The molecule has 2 aromatic carbocycles. The minimum Gasteiger partial charge on any atom is -0.492 e. The summed E-state index contributed by atoms with van der Waals surface area (Å²) in [5, 5.41) is 3.39. The zero-order chi connectivity index (χ0) is 16.5. The zero-order valence-electron chi connectivity index (χ0n) is 13.1. The summed E-state index contributed by atoms with van der Waals surface area (Å²) in [6, 6.07) is 15.3. The van der Waals surface area contributed by atoms with E-state index < -0.39 is 0 Å². The molecule has 0 bridgehead atoms. The van der Waals surface area contributed by atoms with Crippen molar-refractivity contribution in [2.45, 2.75) is 13.3 Å². The number of amides is 1. The van der Waals surface area contributed by atoms with Gasteiger partial charge in [-0.1, -0.05) is 48.9 Å². The van der Waals surface area contributed by atoms with Crippen LogP contribution in [0.2, 0.25) is 5.02 Å². The molecule has 0 aromatic heterocycles. The number of rotatable bonds is 7. The maximum atomic E-state index is 11.7. The average molecular weight is 330 g/mol. The lowest BCUT2D eigenvalue weighted by Crippen LogP contribution is -2.26. The molecule has 0 heterocycles. The molecule has 0 radical (unpaired) electrons. The number of carbonyl (C=O) groups is 1. The highest BCUT2D eigenvalue weighted by molar-refractivity contribution is 6.32. The van der Waals surface area contributed by atoms with Crippen molar-refractivity contribution in [3.63, 3.8) is 0 Å². The molecule has 2 aromatic rings. The number of aryl methyl sites for hydroxylation is 1. The highest BCUT2D eigenvalue weighted by Crippen LogP contribution is 2.16. The Labute approximate surface area is 141 Å². The van der Waals surface area contributed by atoms with Crippen molar-refractivity contribution in [3.05, 3.63) is 70.8 Å². The van der Waals surface area contributed by atoms with Crippen LogP contribution in [0.4, 0.5) is 0 Å². The summed E-state index contributed by atoms with van der Waals surface area (Å²) in [4.78, 5) is 11.7. The molecule has 2 rings (SSSR count). The third-order valence-electron chi connectivity index (χ3n) is 3.32. The maximum Gasteiger partial charge on any atom is 0.244 e. The van der Waals surface area contributed by atoms with Crippen molar-refractivity contribution in [2.75, 3.05) is 13.2 Å². The summed E-state index contributed by atoms with van der Waals surface area (Å²) in [6.45, 7) is 2.99. The number of nitrogens with one attached hydrogen (secondary N) is 1. The first-order valence-electron chi connectivity index (χ1n) is 7.61. The van der Waals surface area contributed by atoms with E-state index in [1.807, 2.05) is 42.5 Å². The van der Waals surface area contributed by atoms with Gasteiger partial charge < -0.3 is 10.1 Å². The van der Waals surface area contributed by atoms with E-state index >= 15 is 0 Å². The summed E-state index contributed by atoms with van der Waals surface area (Å²) in [5.41, 5.74) is 2.09. The molecule has 0 atom stereocenters. The van der Waals surface area contributed by atoms with Crippen LogP contribution in [-0.2, 0) is 11.2 Å². The van der Waals surface area contributed by atoms with Gasteiger partial charge in [0, 0.05) is 11.1 Å². The van der Waals surface area contributed by atoms with Gasteiger partial charge in [-0.3, -0.25) is 4.79 Å². The van der Waals surface area contributed by atoms with Gasteiger partial charge in [0.25, 0.3) is 0 Å². The molecule has 0 aliphatic heterocycles. The molecule has 120 valence electrons. The van der Waals surface area contributed by atoms with Gasteiger partial charge in [-0.25, -0.2) is 0 Å². The summed E-state index contributed by atoms with van der Waals surface area (Å²) in [6.07, 6.45) is 4.17. The predicted octanol–water partition coefficient (Wildman–Crippen LogP) is 4.11. The minimum atomic E-state index is -0.171. The Morgan fingerprint density at radius 1 is 1.17 bits per heavy atom. The fourth-order valence-electron chi connectivity index (χ4n) is 2.00.